The van der Waals surface area contributed by atoms with Gasteiger partial charge in [-0.05, 0) is 31.4 Å². The number of nitrogens with two attached hydrogens (primary N) is 1. The number of ether oxygens (including phenoxy) is 1. The van der Waals surface area contributed by atoms with E-state index in [1.165, 1.54) is 13.4 Å². The molecule has 2 aromatic rings. The fourth-order valence-corrected chi connectivity index (χ4v) is 2.89. The minimum absolute atomic E-state index is 0.0568. The third-order valence-electron chi connectivity index (χ3n) is 4.35. The smallest absolute Gasteiger partial charge is 0.308 e. The van der Waals surface area contributed by atoms with Crippen molar-refractivity contribution < 1.29 is 9.53 Å². The van der Waals surface area contributed by atoms with E-state index in [1.807, 2.05) is 19.1 Å². The first kappa shape index (κ1) is 16.9. The summed E-state index contributed by atoms with van der Waals surface area (Å²) in [7, 11) is 1.42. The van der Waals surface area contributed by atoms with Crippen molar-refractivity contribution in [3.8, 4) is 0 Å². The van der Waals surface area contributed by atoms with Crippen molar-refractivity contribution in [1.82, 2.24) is 15.0 Å². The molecule has 0 aromatic carbocycles. The molecule has 0 saturated carbocycles. The Balaban J connectivity index is 1.73. The summed E-state index contributed by atoms with van der Waals surface area (Å²) in [6, 6.07) is 3.84. The number of nitrogen functional groups attached to an aromatic ring is 1. The summed E-state index contributed by atoms with van der Waals surface area (Å²) in [6.07, 6.45) is 4.70. The molecule has 1 aliphatic rings. The number of hydrogen-bond donors (Lipinski definition) is 2. The maximum Gasteiger partial charge on any atom is 0.308 e. The van der Waals surface area contributed by atoms with E-state index >= 15 is 0 Å². The van der Waals surface area contributed by atoms with Crippen LogP contribution in [-0.2, 0) is 9.53 Å². The Labute approximate surface area is 146 Å². The molecule has 132 valence electrons. The number of nitrogens with zero attached hydrogens (tertiary/aromatic N) is 4. The van der Waals surface area contributed by atoms with E-state index in [0.29, 0.717) is 36.2 Å². The Hall–Kier alpha value is -2.90. The molecule has 2 aromatic heterocycles. The molecule has 25 heavy (non-hydrogen) atoms. The van der Waals surface area contributed by atoms with E-state index in [0.717, 1.165) is 18.4 Å². The number of methoxy groups -OCH3 is 1. The van der Waals surface area contributed by atoms with Crippen LogP contribution in [0.4, 0.5) is 23.1 Å². The molecular weight excluding hydrogens is 320 g/mol. The lowest BCUT2D eigenvalue weighted by Gasteiger charge is -2.32. The molecule has 3 N–H and O–H groups in total. The molecule has 1 saturated heterocycles. The summed E-state index contributed by atoms with van der Waals surface area (Å²) < 4.78 is 4.82. The fraction of sp³-hybridized carbons (Fsp3) is 0.412. The molecule has 1 fully saturated rings. The Morgan fingerprint density at radius 1 is 1.28 bits per heavy atom. The first-order valence-electron chi connectivity index (χ1n) is 8.21. The van der Waals surface area contributed by atoms with Crippen molar-refractivity contribution in [3.05, 3.63) is 30.2 Å². The van der Waals surface area contributed by atoms with E-state index in [1.54, 1.807) is 6.20 Å². The van der Waals surface area contributed by atoms with Gasteiger partial charge in [0.2, 0.25) is 0 Å². The summed E-state index contributed by atoms with van der Waals surface area (Å²) in [4.78, 5) is 26.6. The van der Waals surface area contributed by atoms with Crippen molar-refractivity contribution in [1.29, 1.82) is 0 Å². The zero-order valence-corrected chi connectivity index (χ0v) is 14.4. The van der Waals surface area contributed by atoms with E-state index in [2.05, 4.69) is 25.2 Å². The van der Waals surface area contributed by atoms with Gasteiger partial charge in [0, 0.05) is 19.3 Å². The molecule has 0 unspecified atom stereocenters. The maximum absolute atomic E-state index is 11.7. The molecule has 8 heteroatoms. The second kappa shape index (κ2) is 7.33. The van der Waals surface area contributed by atoms with Crippen molar-refractivity contribution in [2.75, 3.05) is 36.1 Å². The summed E-state index contributed by atoms with van der Waals surface area (Å²) in [5, 5.41) is 3.13. The average Bonchev–Trinajstić information content (AvgIpc) is 2.65. The topological polar surface area (TPSA) is 106 Å². The van der Waals surface area contributed by atoms with Gasteiger partial charge in [-0.15, -0.1) is 0 Å². The predicted octanol–water partition coefficient (Wildman–Crippen LogP) is 1.90. The second-order valence-corrected chi connectivity index (χ2v) is 6.09. The second-order valence-electron chi connectivity index (χ2n) is 6.09. The van der Waals surface area contributed by atoms with Crippen LogP contribution in [-0.4, -0.2) is 41.1 Å². The van der Waals surface area contributed by atoms with Crippen molar-refractivity contribution in [3.63, 3.8) is 0 Å². The van der Waals surface area contributed by atoms with Gasteiger partial charge >= 0.3 is 5.97 Å². The number of piperidine rings is 1. The van der Waals surface area contributed by atoms with E-state index in [4.69, 9.17) is 10.5 Å². The summed E-state index contributed by atoms with van der Waals surface area (Å²) in [5.74, 6) is 1.66. The van der Waals surface area contributed by atoms with Gasteiger partial charge in [-0.1, -0.05) is 6.07 Å². The first-order valence-corrected chi connectivity index (χ1v) is 8.21. The van der Waals surface area contributed by atoms with E-state index in [-0.39, 0.29) is 11.9 Å². The number of carbonyl (C=O) groups is 1. The van der Waals surface area contributed by atoms with Gasteiger partial charge in [0.15, 0.2) is 11.6 Å². The van der Waals surface area contributed by atoms with Crippen LogP contribution < -0.4 is 16.0 Å². The third kappa shape index (κ3) is 3.78. The highest BCUT2D eigenvalue weighted by atomic mass is 16.5. The minimum atomic E-state index is -0.150. The van der Waals surface area contributed by atoms with Crippen LogP contribution in [0.25, 0.3) is 0 Å². The quantitative estimate of drug-likeness (QED) is 0.811. The van der Waals surface area contributed by atoms with Crippen LogP contribution in [0.1, 0.15) is 18.4 Å². The Morgan fingerprint density at radius 2 is 2.04 bits per heavy atom. The number of hydrogen-bond acceptors (Lipinski definition) is 8. The zero-order valence-electron chi connectivity index (χ0n) is 14.4. The van der Waals surface area contributed by atoms with Gasteiger partial charge in [-0.3, -0.25) is 4.79 Å². The number of rotatable bonds is 4. The van der Waals surface area contributed by atoms with Crippen LogP contribution in [0.5, 0.6) is 0 Å². The molecule has 1 aliphatic heterocycles. The highest BCUT2D eigenvalue weighted by Gasteiger charge is 2.27. The zero-order chi connectivity index (χ0) is 17.8. The van der Waals surface area contributed by atoms with Gasteiger partial charge in [-0.25, -0.2) is 15.0 Å². The van der Waals surface area contributed by atoms with E-state index in [9.17, 15) is 4.79 Å². The fourth-order valence-electron chi connectivity index (χ4n) is 2.89. The van der Waals surface area contributed by atoms with Gasteiger partial charge in [0.1, 0.15) is 17.8 Å². The highest BCUT2D eigenvalue weighted by molar-refractivity contribution is 5.78. The summed E-state index contributed by atoms with van der Waals surface area (Å²) >= 11 is 0. The molecule has 0 aliphatic carbocycles. The molecule has 0 spiro atoms. The number of aryl methyl sites for hydroxylation is 1. The van der Waals surface area contributed by atoms with Gasteiger partial charge in [-0.2, -0.15) is 0 Å². The van der Waals surface area contributed by atoms with Gasteiger partial charge in [0.25, 0.3) is 0 Å². The Kier molecular flexibility index (Phi) is 4.97. The average molecular weight is 342 g/mol. The normalized spacial score (nSPS) is 15.0. The lowest BCUT2D eigenvalue weighted by molar-refractivity contribution is -0.146. The minimum Gasteiger partial charge on any atom is -0.469 e. The largest absolute Gasteiger partial charge is 0.469 e. The lowest BCUT2D eigenvalue weighted by atomic mass is 9.97. The number of aromatic nitrogens is 3. The van der Waals surface area contributed by atoms with Crippen molar-refractivity contribution >= 4 is 29.1 Å². The molecule has 0 radical (unpaired) electrons. The molecule has 0 atom stereocenters. The van der Waals surface area contributed by atoms with Crippen LogP contribution in [0.15, 0.2) is 24.7 Å². The van der Waals surface area contributed by atoms with Gasteiger partial charge < -0.3 is 20.7 Å². The van der Waals surface area contributed by atoms with Crippen LogP contribution >= 0.6 is 0 Å². The number of nitrogens with one attached hydrogen (secondary N) is 1. The van der Waals surface area contributed by atoms with Crippen LogP contribution in [0.3, 0.4) is 0 Å². The molecular formula is C17H22N6O2. The van der Waals surface area contributed by atoms with E-state index < -0.39 is 0 Å². The summed E-state index contributed by atoms with van der Waals surface area (Å²) in [5.41, 5.74) is 7.82. The molecule has 8 nitrogen and oxygen atoms in total. The maximum atomic E-state index is 11.7. The lowest BCUT2D eigenvalue weighted by Crippen LogP contribution is -2.37. The molecule has 3 rings (SSSR count). The number of pyridine rings is 1. The number of anilines is 4. The molecule has 3 heterocycles. The monoisotopic (exact) mass is 342 g/mol. The Morgan fingerprint density at radius 3 is 2.68 bits per heavy atom. The third-order valence-corrected chi connectivity index (χ3v) is 4.35. The van der Waals surface area contributed by atoms with Crippen LogP contribution in [0.2, 0.25) is 0 Å². The predicted molar refractivity (Wildman–Crippen MR) is 95.7 cm³/mol. The number of esters is 1. The molecule has 0 amide bonds. The Bertz CT molecular complexity index is 741. The van der Waals surface area contributed by atoms with Crippen LogP contribution in [0, 0.1) is 12.8 Å². The SMILES string of the molecule is COC(=O)C1CCN(c2ncnc(Nc3ccc(C)cn3)c2N)CC1. The molecule has 0 bridgehead atoms. The standard InChI is InChI=1S/C17H22N6O2/c1-11-3-4-13(19-9-11)22-15-14(18)16(21-10-20-15)23-7-5-12(6-8-23)17(24)25-2/h3-4,9-10,12H,5-8,18H2,1-2H3,(H,19,20,21,22). The van der Waals surface area contributed by atoms with Gasteiger partial charge in [0.05, 0.1) is 13.0 Å². The van der Waals surface area contributed by atoms with Crippen molar-refractivity contribution in [2.24, 2.45) is 5.92 Å². The highest BCUT2D eigenvalue weighted by Crippen LogP contribution is 2.31. The summed E-state index contributed by atoms with van der Waals surface area (Å²) in [6.45, 7) is 3.37. The number of carbonyl (C=O) groups excluding carboxylic acids is 1. The first-order chi connectivity index (χ1) is 12.1. The van der Waals surface area contributed by atoms with Crippen molar-refractivity contribution in [2.45, 2.75) is 19.8 Å².